The van der Waals surface area contributed by atoms with Crippen LogP contribution in [0.2, 0.25) is 0 Å². The van der Waals surface area contributed by atoms with Gasteiger partial charge in [0.25, 0.3) is 0 Å². The number of nitrogens with two attached hydrogens (primary N) is 1. The Balaban J connectivity index is 1.51. The molecule has 2 N–H and O–H groups in total. The van der Waals surface area contributed by atoms with Crippen LogP contribution < -0.4 is 11.5 Å². The highest BCUT2D eigenvalue weighted by atomic mass is 16.5. The molecule has 0 aliphatic carbocycles. The van der Waals surface area contributed by atoms with Gasteiger partial charge >= 0.3 is 5.76 Å². The standard InChI is InChI=1S/C25H28N4O5/c1-32-12-10-29-21-14-19(7-8-22(21)34-25(29)31)18-5-3-17(4-6-18)13-20(15-26)28-9-2-11-33-23(16-28)24(27)30/h3-8,14,20,23H,2,9-13,16H2,1H3,(H2,27,30)/t20-,23-/m0/s1. The fourth-order valence-electron chi connectivity index (χ4n) is 4.25. The molecule has 1 aromatic heterocycles. The number of hydrogen-bond acceptors (Lipinski definition) is 7. The van der Waals surface area contributed by atoms with Crippen LogP contribution in [0.5, 0.6) is 0 Å². The molecule has 0 radical (unpaired) electrons. The zero-order valence-electron chi connectivity index (χ0n) is 19.1. The average Bonchev–Trinajstić information content (AvgIpc) is 2.99. The van der Waals surface area contributed by atoms with Crippen LogP contribution in [0.4, 0.5) is 0 Å². The number of carbonyl (C=O) groups excluding carboxylic acids is 1. The second kappa shape index (κ2) is 10.7. The van der Waals surface area contributed by atoms with Crippen molar-refractivity contribution in [3.05, 3.63) is 58.6 Å². The number of oxazole rings is 1. The summed E-state index contributed by atoms with van der Waals surface area (Å²) in [5.41, 5.74) is 9.64. The van der Waals surface area contributed by atoms with Gasteiger partial charge in [-0.1, -0.05) is 30.3 Å². The summed E-state index contributed by atoms with van der Waals surface area (Å²) in [5.74, 6) is -0.908. The Morgan fingerprint density at radius 1 is 1.26 bits per heavy atom. The van der Waals surface area contributed by atoms with E-state index < -0.39 is 17.8 Å². The molecular formula is C25H28N4O5. The van der Waals surface area contributed by atoms with Gasteiger partial charge in [0.15, 0.2) is 5.58 Å². The van der Waals surface area contributed by atoms with E-state index in [1.165, 1.54) is 0 Å². The SMILES string of the molecule is COCCn1c(=O)oc2ccc(-c3ccc(C[C@@H](C#N)N4CCCO[C@H](C(N)=O)C4)cc3)cc21. The maximum Gasteiger partial charge on any atom is 0.420 e. The van der Waals surface area contributed by atoms with Crippen LogP contribution in [0.1, 0.15) is 12.0 Å². The molecule has 0 saturated carbocycles. The van der Waals surface area contributed by atoms with Crippen LogP contribution in [0, 0.1) is 11.3 Å². The summed E-state index contributed by atoms with van der Waals surface area (Å²) in [5, 5.41) is 9.78. The smallest absolute Gasteiger partial charge is 0.408 e. The Bertz CT molecular complexity index is 1240. The van der Waals surface area contributed by atoms with E-state index in [1.807, 2.05) is 41.3 Å². The number of aromatic nitrogens is 1. The Morgan fingerprint density at radius 3 is 2.74 bits per heavy atom. The third-order valence-electron chi connectivity index (χ3n) is 6.12. The van der Waals surface area contributed by atoms with Gasteiger partial charge in [-0.2, -0.15) is 5.26 Å². The number of ether oxygens (including phenoxy) is 2. The fourth-order valence-corrected chi connectivity index (χ4v) is 4.25. The van der Waals surface area contributed by atoms with Gasteiger partial charge in [-0.05, 0) is 35.2 Å². The van der Waals surface area contributed by atoms with Gasteiger partial charge in [-0.25, -0.2) is 4.79 Å². The first-order chi connectivity index (χ1) is 16.5. The predicted molar refractivity (Wildman–Crippen MR) is 126 cm³/mol. The van der Waals surface area contributed by atoms with E-state index >= 15 is 0 Å². The Hall–Kier alpha value is -3.45. The van der Waals surface area contributed by atoms with E-state index in [4.69, 9.17) is 19.6 Å². The highest BCUT2D eigenvalue weighted by Crippen LogP contribution is 2.25. The number of methoxy groups -OCH3 is 1. The summed E-state index contributed by atoms with van der Waals surface area (Å²) in [6, 6.07) is 15.6. The Morgan fingerprint density at radius 2 is 2.03 bits per heavy atom. The lowest BCUT2D eigenvalue weighted by atomic mass is 10.00. The molecule has 9 heteroatoms. The minimum atomic E-state index is -0.695. The van der Waals surface area contributed by atoms with Crippen LogP contribution >= 0.6 is 0 Å². The van der Waals surface area contributed by atoms with Crippen molar-refractivity contribution in [2.45, 2.75) is 31.5 Å². The third kappa shape index (κ3) is 5.20. The van der Waals surface area contributed by atoms with E-state index in [9.17, 15) is 14.9 Å². The lowest BCUT2D eigenvalue weighted by molar-refractivity contribution is -0.129. The third-order valence-corrected chi connectivity index (χ3v) is 6.12. The topological polar surface area (TPSA) is 124 Å². The molecule has 1 aliphatic heterocycles. The number of hydrogen-bond donors (Lipinski definition) is 1. The van der Waals surface area contributed by atoms with Gasteiger partial charge in [-0.3, -0.25) is 14.3 Å². The molecule has 2 heterocycles. The highest BCUT2D eigenvalue weighted by molar-refractivity contribution is 5.81. The molecule has 0 bridgehead atoms. The lowest BCUT2D eigenvalue weighted by Crippen LogP contribution is -2.44. The van der Waals surface area contributed by atoms with Crippen LogP contribution in [0.25, 0.3) is 22.2 Å². The Labute approximate surface area is 197 Å². The minimum Gasteiger partial charge on any atom is -0.408 e. The van der Waals surface area contributed by atoms with Crippen molar-refractivity contribution in [3.8, 4) is 17.2 Å². The van der Waals surface area contributed by atoms with Gasteiger partial charge in [-0.15, -0.1) is 0 Å². The number of fused-ring (bicyclic) bond motifs is 1. The summed E-state index contributed by atoms with van der Waals surface area (Å²) < 4.78 is 17.5. The molecule has 4 rings (SSSR count). The molecular weight excluding hydrogens is 436 g/mol. The quantitative estimate of drug-likeness (QED) is 0.540. The first-order valence-corrected chi connectivity index (χ1v) is 11.3. The lowest BCUT2D eigenvalue weighted by Gasteiger charge is -2.27. The van der Waals surface area contributed by atoms with Crippen molar-refractivity contribution in [1.29, 1.82) is 5.26 Å². The van der Waals surface area contributed by atoms with E-state index in [1.54, 1.807) is 17.7 Å². The van der Waals surface area contributed by atoms with Crippen molar-refractivity contribution < 1.29 is 18.7 Å². The van der Waals surface area contributed by atoms with Crippen LogP contribution in [0.3, 0.4) is 0 Å². The second-order valence-corrected chi connectivity index (χ2v) is 8.35. The maximum absolute atomic E-state index is 12.2. The number of primary amides is 1. The van der Waals surface area contributed by atoms with E-state index in [-0.39, 0.29) is 6.04 Å². The largest absolute Gasteiger partial charge is 0.420 e. The molecule has 1 fully saturated rings. The summed E-state index contributed by atoms with van der Waals surface area (Å²) in [7, 11) is 1.59. The van der Waals surface area contributed by atoms with E-state index in [2.05, 4.69) is 6.07 Å². The van der Waals surface area contributed by atoms with Crippen LogP contribution in [-0.4, -0.2) is 60.9 Å². The molecule has 0 unspecified atom stereocenters. The molecule has 34 heavy (non-hydrogen) atoms. The van der Waals surface area contributed by atoms with Gasteiger partial charge in [0.05, 0.1) is 24.7 Å². The summed E-state index contributed by atoms with van der Waals surface area (Å²) in [4.78, 5) is 25.7. The molecule has 2 aromatic carbocycles. The zero-order valence-corrected chi connectivity index (χ0v) is 19.1. The molecule has 0 spiro atoms. The van der Waals surface area contributed by atoms with E-state index in [0.717, 1.165) is 28.6 Å². The fraction of sp³-hybridized carbons (Fsp3) is 0.400. The molecule has 9 nitrogen and oxygen atoms in total. The number of rotatable bonds is 8. The molecule has 1 aliphatic rings. The first-order valence-electron chi connectivity index (χ1n) is 11.3. The van der Waals surface area contributed by atoms with Crippen molar-refractivity contribution in [2.75, 3.05) is 33.4 Å². The van der Waals surface area contributed by atoms with Crippen molar-refractivity contribution >= 4 is 17.0 Å². The number of nitriles is 1. The summed E-state index contributed by atoms with van der Waals surface area (Å²) in [6.07, 6.45) is 0.576. The van der Waals surface area contributed by atoms with Crippen molar-refractivity contribution in [2.24, 2.45) is 5.73 Å². The second-order valence-electron chi connectivity index (χ2n) is 8.35. The molecule has 3 aromatic rings. The minimum absolute atomic E-state index is 0.321. The van der Waals surface area contributed by atoms with Crippen LogP contribution in [-0.2, 0) is 27.2 Å². The first kappa shape index (κ1) is 23.7. The van der Waals surface area contributed by atoms with Crippen molar-refractivity contribution in [1.82, 2.24) is 9.47 Å². The predicted octanol–water partition coefficient (Wildman–Crippen LogP) is 1.92. The maximum atomic E-state index is 12.2. The van der Waals surface area contributed by atoms with E-state index in [0.29, 0.717) is 44.9 Å². The molecule has 2 atom stereocenters. The highest BCUT2D eigenvalue weighted by Gasteiger charge is 2.28. The van der Waals surface area contributed by atoms with Crippen molar-refractivity contribution in [3.63, 3.8) is 0 Å². The molecule has 178 valence electrons. The monoisotopic (exact) mass is 464 g/mol. The Kier molecular flexibility index (Phi) is 7.43. The van der Waals surface area contributed by atoms with Crippen LogP contribution in [0.15, 0.2) is 51.7 Å². The van der Waals surface area contributed by atoms with Gasteiger partial charge < -0.3 is 19.6 Å². The van der Waals surface area contributed by atoms with Gasteiger partial charge in [0, 0.05) is 33.2 Å². The number of benzene rings is 2. The number of nitrogens with zero attached hydrogens (tertiary/aromatic N) is 3. The zero-order chi connectivity index (χ0) is 24.1. The number of amides is 1. The molecule has 1 amide bonds. The average molecular weight is 465 g/mol. The van der Waals surface area contributed by atoms with Gasteiger partial charge in [0.2, 0.25) is 5.91 Å². The normalized spacial score (nSPS) is 17.8. The summed E-state index contributed by atoms with van der Waals surface area (Å²) >= 11 is 0. The molecule has 1 saturated heterocycles. The number of carbonyl (C=O) groups is 1. The summed E-state index contributed by atoms with van der Waals surface area (Å²) in [6.45, 7) is 2.28. The van der Waals surface area contributed by atoms with Gasteiger partial charge in [0.1, 0.15) is 12.1 Å².